The maximum absolute atomic E-state index is 12.7. The van der Waals surface area contributed by atoms with Crippen molar-refractivity contribution < 1.29 is 14.3 Å². The summed E-state index contributed by atoms with van der Waals surface area (Å²) in [6.45, 7) is 4.30. The van der Waals surface area contributed by atoms with E-state index in [4.69, 9.17) is 4.74 Å². The molecule has 1 N–H and O–H groups in total. The quantitative estimate of drug-likeness (QED) is 0.853. The Labute approximate surface area is 168 Å². The molecule has 4 rings (SSSR count). The second kappa shape index (κ2) is 8.70. The van der Waals surface area contributed by atoms with Gasteiger partial charge < -0.3 is 19.9 Å². The third-order valence-electron chi connectivity index (χ3n) is 5.19. The van der Waals surface area contributed by atoms with Crippen LogP contribution in [0.4, 0.5) is 11.5 Å². The van der Waals surface area contributed by atoms with Crippen LogP contribution in [0.3, 0.4) is 0 Å². The van der Waals surface area contributed by atoms with E-state index in [1.54, 1.807) is 11.1 Å². The molecule has 0 saturated carbocycles. The van der Waals surface area contributed by atoms with E-state index in [-0.39, 0.29) is 17.7 Å². The van der Waals surface area contributed by atoms with Gasteiger partial charge in [-0.05, 0) is 36.4 Å². The molecule has 0 spiro atoms. The van der Waals surface area contributed by atoms with Crippen LogP contribution in [0.15, 0.2) is 35.8 Å². The third kappa shape index (κ3) is 4.34. The van der Waals surface area contributed by atoms with Crippen LogP contribution in [0.5, 0.6) is 0 Å². The summed E-state index contributed by atoms with van der Waals surface area (Å²) < 4.78 is 5.37. The smallest absolute Gasteiger partial charge is 0.263 e. The van der Waals surface area contributed by atoms with Gasteiger partial charge in [0.2, 0.25) is 5.91 Å². The highest BCUT2D eigenvalue weighted by atomic mass is 32.1. The molecule has 2 aromatic rings. The highest BCUT2D eigenvalue weighted by Gasteiger charge is 2.29. The Morgan fingerprint density at radius 1 is 1.18 bits per heavy atom. The Kier molecular flexibility index (Phi) is 5.87. The number of pyridine rings is 1. The standard InChI is InChI=1S/C20H24N4O3S/c25-19(15-3-1-7-24(14-15)20(26)17-4-2-12-28-17)22-18-6-5-16(13-21-18)23-8-10-27-11-9-23/h2,4-6,12-13,15H,1,3,7-11,14H2,(H,21,22,25)/t15-/m0/s1. The number of thiophene rings is 1. The monoisotopic (exact) mass is 400 g/mol. The number of rotatable bonds is 4. The second-order valence-electron chi connectivity index (χ2n) is 7.06. The van der Waals surface area contributed by atoms with Gasteiger partial charge in [0.05, 0.1) is 35.9 Å². The summed E-state index contributed by atoms with van der Waals surface area (Å²) in [7, 11) is 0. The number of nitrogens with zero attached hydrogens (tertiary/aromatic N) is 3. The topological polar surface area (TPSA) is 74.8 Å². The van der Waals surface area contributed by atoms with Crippen LogP contribution in [0.1, 0.15) is 22.5 Å². The molecule has 2 amide bonds. The Morgan fingerprint density at radius 3 is 2.75 bits per heavy atom. The maximum atomic E-state index is 12.7. The van der Waals surface area contributed by atoms with Gasteiger partial charge in [-0.15, -0.1) is 11.3 Å². The Morgan fingerprint density at radius 2 is 2.04 bits per heavy atom. The number of ether oxygens (including phenoxy) is 1. The lowest BCUT2D eigenvalue weighted by molar-refractivity contribution is -0.121. The molecule has 8 heteroatoms. The molecule has 7 nitrogen and oxygen atoms in total. The largest absolute Gasteiger partial charge is 0.378 e. The van der Waals surface area contributed by atoms with Crippen molar-refractivity contribution in [1.82, 2.24) is 9.88 Å². The zero-order valence-corrected chi connectivity index (χ0v) is 16.5. The van der Waals surface area contributed by atoms with Gasteiger partial charge >= 0.3 is 0 Å². The number of nitrogens with one attached hydrogen (secondary N) is 1. The number of amides is 2. The van der Waals surface area contributed by atoms with E-state index in [0.717, 1.165) is 49.7 Å². The highest BCUT2D eigenvalue weighted by molar-refractivity contribution is 7.12. The van der Waals surface area contributed by atoms with Crippen molar-refractivity contribution in [3.8, 4) is 0 Å². The second-order valence-corrected chi connectivity index (χ2v) is 8.01. The lowest BCUT2D eigenvalue weighted by Crippen LogP contribution is -2.43. The molecule has 148 valence electrons. The van der Waals surface area contributed by atoms with Crippen LogP contribution < -0.4 is 10.2 Å². The molecular formula is C20H24N4O3S. The fourth-order valence-corrected chi connectivity index (χ4v) is 4.32. The van der Waals surface area contributed by atoms with Crippen molar-refractivity contribution in [3.63, 3.8) is 0 Å². The molecule has 0 radical (unpaired) electrons. The Bertz CT molecular complexity index is 803. The summed E-state index contributed by atoms with van der Waals surface area (Å²) in [4.78, 5) is 34.4. The van der Waals surface area contributed by atoms with E-state index >= 15 is 0 Å². The molecular weight excluding hydrogens is 376 g/mol. The molecule has 2 saturated heterocycles. The first kappa shape index (κ1) is 18.9. The zero-order valence-electron chi connectivity index (χ0n) is 15.7. The number of anilines is 2. The number of hydrogen-bond acceptors (Lipinski definition) is 6. The number of piperidine rings is 1. The van der Waals surface area contributed by atoms with Gasteiger partial charge in [0.1, 0.15) is 5.82 Å². The summed E-state index contributed by atoms with van der Waals surface area (Å²) in [5, 5.41) is 4.80. The van der Waals surface area contributed by atoms with Gasteiger partial charge in [0.25, 0.3) is 5.91 Å². The zero-order chi connectivity index (χ0) is 19.3. The fraction of sp³-hybridized carbons (Fsp3) is 0.450. The summed E-state index contributed by atoms with van der Waals surface area (Å²) in [6, 6.07) is 7.51. The molecule has 0 aliphatic carbocycles. The molecule has 2 aliphatic heterocycles. The molecule has 28 heavy (non-hydrogen) atoms. The first-order valence-corrected chi connectivity index (χ1v) is 10.5. The minimum absolute atomic E-state index is 0.0143. The lowest BCUT2D eigenvalue weighted by atomic mass is 9.97. The first-order chi connectivity index (χ1) is 13.7. The molecule has 0 bridgehead atoms. The van der Waals surface area contributed by atoms with Crippen molar-refractivity contribution in [2.45, 2.75) is 12.8 Å². The van der Waals surface area contributed by atoms with Crippen molar-refractivity contribution in [1.29, 1.82) is 0 Å². The van der Waals surface area contributed by atoms with Gasteiger partial charge in [-0.3, -0.25) is 9.59 Å². The first-order valence-electron chi connectivity index (χ1n) is 9.63. The maximum Gasteiger partial charge on any atom is 0.263 e. The van der Waals surface area contributed by atoms with Gasteiger partial charge in [0, 0.05) is 26.2 Å². The lowest BCUT2D eigenvalue weighted by Gasteiger charge is -2.31. The van der Waals surface area contributed by atoms with Crippen molar-refractivity contribution >= 4 is 34.7 Å². The molecule has 2 aliphatic rings. The van der Waals surface area contributed by atoms with E-state index in [1.807, 2.05) is 29.6 Å². The Balaban J connectivity index is 1.34. The van der Waals surface area contributed by atoms with Gasteiger partial charge in [-0.1, -0.05) is 6.07 Å². The van der Waals surface area contributed by atoms with Gasteiger partial charge in [-0.25, -0.2) is 4.98 Å². The molecule has 0 unspecified atom stereocenters. The number of carbonyl (C=O) groups is 2. The summed E-state index contributed by atoms with van der Waals surface area (Å²) in [6.07, 6.45) is 3.40. The number of carbonyl (C=O) groups excluding carboxylic acids is 2. The molecule has 1 atom stereocenters. The van der Waals surface area contributed by atoms with Crippen molar-refractivity contribution in [3.05, 3.63) is 40.7 Å². The molecule has 0 aromatic carbocycles. The van der Waals surface area contributed by atoms with E-state index in [2.05, 4.69) is 15.2 Å². The van der Waals surface area contributed by atoms with E-state index < -0.39 is 0 Å². The Hall–Kier alpha value is -2.45. The number of likely N-dealkylation sites (tertiary alicyclic amines) is 1. The predicted molar refractivity (Wildman–Crippen MR) is 109 cm³/mol. The van der Waals surface area contributed by atoms with Crippen LogP contribution in [0.2, 0.25) is 0 Å². The summed E-state index contributed by atoms with van der Waals surface area (Å²) >= 11 is 1.44. The third-order valence-corrected chi connectivity index (χ3v) is 6.04. The van der Waals surface area contributed by atoms with Crippen LogP contribution in [0.25, 0.3) is 0 Å². The summed E-state index contributed by atoms with van der Waals surface area (Å²) in [5.74, 6) is 0.276. The number of hydrogen-bond donors (Lipinski definition) is 1. The van der Waals surface area contributed by atoms with E-state index in [0.29, 0.717) is 18.9 Å². The minimum atomic E-state index is -0.210. The molecule has 4 heterocycles. The molecule has 2 fully saturated rings. The predicted octanol–water partition coefficient (Wildman–Crippen LogP) is 2.47. The van der Waals surface area contributed by atoms with Gasteiger partial charge in [-0.2, -0.15) is 0 Å². The molecule has 2 aromatic heterocycles. The SMILES string of the molecule is O=C(Nc1ccc(N2CCOCC2)cn1)[C@H]1CCCN(C(=O)c2cccs2)C1. The van der Waals surface area contributed by atoms with E-state index in [9.17, 15) is 9.59 Å². The van der Waals surface area contributed by atoms with Crippen molar-refractivity contribution in [2.75, 3.05) is 49.6 Å². The number of morpholine rings is 1. The van der Waals surface area contributed by atoms with Crippen LogP contribution >= 0.6 is 11.3 Å². The summed E-state index contributed by atoms with van der Waals surface area (Å²) in [5.41, 5.74) is 1.03. The van der Waals surface area contributed by atoms with Crippen LogP contribution in [0, 0.1) is 5.92 Å². The van der Waals surface area contributed by atoms with E-state index in [1.165, 1.54) is 11.3 Å². The fourth-order valence-electron chi connectivity index (χ4n) is 3.63. The van der Waals surface area contributed by atoms with Crippen LogP contribution in [-0.2, 0) is 9.53 Å². The average molecular weight is 401 g/mol. The number of aromatic nitrogens is 1. The van der Waals surface area contributed by atoms with Crippen molar-refractivity contribution in [2.24, 2.45) is 5.92 Å². The van der Waals surface area contributed by atoms with Crippen LogP contribution in [-0.4, -0.2) is 61.1 Å². The van der Waals surface area contributed by atoms with Gasteiger partial charge in [0.15, 0.2) is 0 Å². The average Bonchev–Trinajstić information content (AvgIpc) is 3.29. The highest BCUT2D eigenvalue weighted by Crippen LogP contribution is 2.22. The normalized spacial score (nSPS) is 20.1. The minimum Gasteiger partial charge on any atom is -0.378 e.